The van der Waals surface area contributed by atoms with Gasteiger partial charge in [0, 0.05) is 34.9 Å². The van der Waals surface area contributed by atoms with Crippen molar-refractivity contribution in [1.82, 2.24) is 9.55 Å². The lowest BCUT2D eigenvalue weighted by Crippen LogP contribution is -2.29. The molecule has 4 N–H and O–H groups in total. The summed E-state index contributed by atoms with van der Waals surface area (Å²) < 4.78 is 15.3. The van der Waals surface area contributed by atoms with Crippen LogP contribution < -0.4 is 16.6 Å². The Morgan fingerprint density at radius 1 is 1.00 bits per heavy atom. The molecular formula is C25H17FN4O3. The second kappa shape index (κ2) is 7.76. The SMILES string of the molecule is NC(=O)c1c(-c2ccc3c(c2)NC(=O)/C3=C\c2ccc[nH]2)ccn(-c2ccccc2F)c1=O. The van der Waals surface area contributed by atoms with Gasteiger partial charge in [-0.1, -0.05) is 24.3 Å². The van der Waals surface area contributed by atoms with Crippen LogP contribution in [0.4, 0.5) is 10.1 Å². The van der Waals surface area contributed by atoms with Gasteiger partial charge in [0.15, 0.2) is 0 Å². The van der Waals surface area contributed by atoms with E-state index in [1.165, 1.54) is 30.5 Å². The fourth-order valence-electron chi connectivity index (χ4n) is 3.95. The van der Waals surface area contributed by atoms with Crippen molar-refractivity contribution in [1.29, 1.82) is 0 Å². The molecule has 8 heteroatoms. The molecular weight excluding hydrogens is 423 g/mol. The van der Waals surface area contributed by atoms with Crippen LogP contribution >= 0.6 is 0 Å². The number of primary amides is 1. The first-order chi connectivity index (χ1) is 15.9. The predicted octanol–water partition coefficient (Wildman–Crippen LogP) is 3.56. The minimum atomic E-state index is -0.933. The number of halogens is 1. The van der Waals surface area contributed by atoms with E-state index in [9.17, 15) is 18.8 Å². The van der Waals surface area contributed by atoms with Gasteiger partial charge in [-0.25, -0.2) is 4.39 Å². The summed E-state index contributed by atoms with van der Waals surface area (Å²) in [4.78, 5) is 40.9. The third-order valence-electron chi connectivity index (χ3n) is 5.49. The lowest BCUT2D eigenvalue weighted by atomic mass is 9.97. The molecule has 0 atom stereocenters. The number of carbonyl (C=O) groups excluding carboxylic acids is 2. The number of carbonyl (C=O) groups is 2. The molecule has 0 fully saturated rings. The maximum Gasteiger partial charge on any atom is 0.268 e. The quantitative estimate of drug-likeness (QED) is 0.422. The molecule has 0 saturated carbocycles. The van der Waals surface area contributed by atoms with Gasteiger partial charge in [-0.2, -0.15) is 0 Å². The van der Waals surface area contributed by atoms with Crippen molar-refractivity contribution < 1.29 is 14.0 Å². The van der Waals surface area contributed by atoms with E-state index in [0.29, 0.717) is 28.0 Å². The maximum absolute atomic E-state index is 14.2. The Morgan fingerprint density at radius 2 is 1.82 bits per heavy atom. The van der Waals surface area contributed by atoms with Crippen LogP contribution in [0.5, 0.6) is 0 Å². The zero-order valence-corrected chi connectivity index (χ0v) is 17.1. The third-order valence-corrected chi connectivity index (χ3v) is 5.49. The highest BCUT2D eigenvalue weighted by Crippen LogP contribution is 2.36. The average Bonchev–Trinajstić information content (AvgIpc) is 3.41. The number of aromatic amines is 1. The van der Waals surface area contributed by atoms with Crippen molar-refractivity contribution in [3.8, 4) is 16.8 Å². The first kappa shape index (κ1) is 20.2. The molecule has 4 aromatic rings. The highest BCUT2D eigenvalue weighted by atomic mass is 19.1. The third kappa shape index (κ3) is 3.43. The largest absolute Gasteiger partial charge is 0.365 e. The van der Waals surface area contributed by atoms with Crippen LogP contribution in [0.1, 0.15) is 21.6 Å². The number of fused-ring (bicyclic) bond motifs is 1. The van der Waals surface area contributed by atoms with Gasteiger partial charge in [0.1, 0.15) is 11.4 Å². The summed E-state index contributed by atoms with van der Waals surface area (Å²) in [5, 5.41) is 2.81. The van der Waals surface area contributed by atoms with Gasteiger partial charge in [0.25, 0.3) is 17.4 Å². The Labute approximate surface area is 187 Å². The van der Waals surface area contributed by atoms with Crippen LogP contribution in [-0.2, 0) is 4.79 Å². The summed E-state index contributed by atoms with van der Waals surface area (Å²) >= 11 is 0. The molecule has 33 heavy (non-hydrogen) atoms. The maximum atomic E-state index is 14.2. The Balaban J connectivity index is 1.63. The predicted molar refractivity (Wildman–Crippen MR) is 123 cm³/mol. The van der Waals surface area contributed by atoms with Crippen LogP contribution in [0.3, 0.4) is 0 Å². The minimum Gasteiger partial charge on any atom is -0.365 e. The number of nitrogens with one attached hydrogen (secondary N) is 2. The molecule has 1 aliphatic heterocycles. The van der Waals surface area contributed by atoms with Crippen LogP contribution in [0.25, 0.3) is 28.5 Å². The molecule has 2 aromatic heterocycles. The van der Waals surface area contributed by atoms with Crippen LogP contribution in [-0.4, -0.2) is 21.4 Å². The van der Waals surface area contributed by atoms with E-state index in [1.807, 2.05) is 12.1 Å². The minimum absolute atomic E-state index is 0.0110. The highest BCUT2D eigenvalue weighted by molar-refractivity contribution is 6.35. The van der Waals surface area contributed by atoms with Crippen molar-refractivity contribution >= 4 is 29.2 Å². The molecule has 2 amide bonds. The smallest absolute Gasteiger partial charge is 0.268 e. The number of benzene rings is 2. The molecule has 3 heterocycles. The Bertz CT molecular complexity index is 1520. The fourth-order valence-corrected chi connectivity index (χ4v) is 3.95. The van der Waals surface area contributed by atoms with E-state index in [1.54, 1.807) is 36.5 Å². The van der Waals surface area contributed by atoms with E-state index in [2.05, 4.69) is 10.3 Å². The number of amides is 2. The number of para-hydroxylation sites is 1. The molecule has 1 aliphatic rings. The van der Waals surface area contributed by atoms with E-state index in [-0.39, 0.29) is 17.2 Å². The molecule has 5 rings (SSSR count). The number of pyridine rings is 1. The van der Waals surface area contributed by atoms with Gasteiger partial charge in [-0.05, 0) is 48.0 Å². The molecule has 2 aromatic carbocycles. The number of H-pyrrole nitrogens is 1. The van der Waals surface area contributed by atoms with Gasteiger partial charge >= 0.3 is 0 Å². The number of hydrogen-bond donors (Lipinski definition) is 3. The van der Waals surface area contributed by atoms with Crippen molar-refractivity contribution in [2.75, 3.05) is 5.32 Å². The Morgan fingerprint density at radius 3 is 2.55 bits per heavy atom. The zero-order valence-electron chi connectivity index (χ0n) is 17.1. The van der Waals surface area contributed by atoms with Gasteiger partial charge in [0.2, 0.25) is 0 Å². The van der Waals surface area contributed by atoms with E-state index < -0.39 is 17.3 Å². The van der Waals surface area contributed by atoms with Gasteiger partial charge < -0.3 is 16.0 Å². The summed E-state index contributed by atoms with van der Waals surface area (Å²) in [5.41, 5.74) is 7.86. The van der Waals surface area contributed by atoms with Crippen LogP contribution in [0.15, 0.2) is 77.9 Å². The summed E-state index contributed by atoms with van der Waals surface area (Å²) in [6.45, 7) is 0. The summed E-state index contributed by atoms with van der Waals surface area (Å²) in [7, 11) is 0. The molecule has 0 radical (unpaired) electrons. The number of hydrogen-bond acceptors (Lipinski definition) is 3. The van der Waals surface area contributed by atoms with Crippen molar-refractivity contribution in [2.45, 2.75) is 0 Å². The van der Waals surface area contributed by atoms with Crippen LogP contribution in [0.2, 0.25) is 0 Å². The topological polar surface area (TPSA) is 110 Å². The molecule has 162 valence electrons. The van der Waals surface area contributed by atoms with E-state index >= 15 is 0 Å². The van der Waals surface area contributed by atoms with E-state index in [0.717, 1.165) is 10.3 Å². The van der Waals surface area contributed by atoms with Gasteiger partial charge in [-0.15, -0.1) is 0 Å². The molecule has 0 bridgehead atoms. The average molecular weight is 440 g/mol. The number of rotatable bonds is 4. The second-order valence-electron chi connectivity index (χ2n) is 7.49. The molecule has 7 nitrogen and oxygen atoms in total. The number of nitrogens with two attached hydrogens (primary N) is 1. The summed E-state index contributed by atoms with van der Waals surface area (Å²) in [5.74, 6) is -1.80. The number of aromatic nitrogens is 2. The van der Waals surface area contributed by atoms with Gasteiger partial charge in [-0.3, -0.25) is 19.0 Å². The first-order valence-electron chi connectivity index (χ1n) is 10.1. The Kier molecular flexibility index (Phi) is 4.75. The molecule has 0 aliphatic carbocycles. The summed E-state index contributed by atoms with van der Waals surface area (Å²) in [6.07, 6.45) is 4.90. The Hall–Kier alpha value is -4.72. The normalized spacial score (nSPS) is 13.7. The molecule has 0 spiro atoms. The van der Waals surface area contributed by atoms with Crippen molar-refractivity contribution in [3.05, 3.63) is 106 Å². The van der Waals surface area contributed by atoms with Crippen molar-refractivity contribution in [2.24, 2.45) is 5.73 Å². The summed E-state index contributed by atoms with van der Waals surface area (Å²) in [6, 6.07) is 16.1. The monoisotopic (exact) mass is 440 g/mol. The lowest BCUT2D eigenvalue weighted by Gasteiger charge is -2.13. The fraction of sp³-hybridized carbons (Fsp3) is 0. The molecule has 0 saturated heterocycles. The van der Waals surface area contributed by atoms with Gasteiger partial charge in [0.05, 0.1) is 11.3 Å². The molecule has 0 unspecified atom stereocenters. The standard InChI is InChI=1S/C25H17FN4O3/c26-19-5-1-2-6-21(19)30-11-9-16(22(23(27)31)25(30)33)14-7-8-17-18(13-15-4-3-10-28-15)24(32)29-20(17)12-14/h1-13,28H,(H2,27,31)(H,29,32)/b18-13-. The van der Waals surface area contributed by atoms with Crippen molar-refractivity contribution in [3.63, 3.8) is 0 Å². The highest BCUT2D eigenvalue weighted by Gasteiger charge is 2.26. The zero-order chi connectivity index (χ0) is 23.1. The number of nitrogens with zero attached hydrogens (tertiary/aromatic N) is 1. The van der Waals surface area contributed by atoms with Crippen LogP contribution in [0, 0.1) is 5.82 Å². The lowest BCUT2D eigenvalue weighted by molar-refractivity contribution is -0.110. The number of anilines is 1. The van der Waals surface area contributed by atoms with E-state index in [4.69, 9.17) is 5.73 Å². The first-order valence-corrected chi connectivity index (χ1v) is 10.1. The second-order valence-corrected chi connectivity index (χ2v) is 7.49.